The summed E-state index contributed by atoms with van der Waals surface area (Å²) in [6.07, 6.45) is -1.09. The van der Waals surface area contributed by atoms with Gasteiger partial charge in [0.25, 0.3) is 0 Å². The molecule has 4 aromatic carbocycles. The first-order chi connectivity index (χ1) is 20.5. The predicted octanol–water partition coefficient (Wildman–Crippen LogP) is 7.44. The minimum atomic E-state index is -0.543. The van der Waals surface area contributed by atoms with Crippen molar-refractivity contribution in [3.8, 4) is 11.5 Å². The maximum absolute atomic E-state index is 10.4. The Morgan fingerprint density at radius 1 is 0.571 bits per heavy atom. The van der Waals surface area contributed by atoms with Gasteiger partial charge in [-0.1, -0.05) is 36.4 Å². The highest BCUT2D eigenvalue weighted by Crippen LogP contribution is 2.26. The van der Waals surface area contributed by atoms with E-state index in [1.165, 1.54) is 0 Å². The minimum Gasteiger partial charge on any atom is -0.491 e. The number of hydrogen-bond acceptors (Lipinski definition) is 8. The van der Waals surface area contributed by atoms with Crippen LogP contribution in [0.5, 0.6) is 11.5 Å². The van der Waals surface area contributed by atoms with Crippen molar-refractivity contribution in [1.82, 2.24) is 0 Å². The Morgan fingerprint density at radius 2 is 0.976 bits per heavy atom. The lowest BCUT2D eigenvalue weighted by atomic mass is 10.2. The second-order valence-corrected chi connectivity index (χ2v) is 12.3. The number of ether oxygens (including phenoxy) is 2. The Morgan fingerprint density at radius 3 is 1.36 bits per heavy atom. The Labute approximate surface area is 257 Å². The molecule has 0 fully saturated rings. The van der Waals surface area contributed by atoms with Gasteiger partial charge in [0.2, 0.25) is 0 Å². The van der Waals surface area contributed by atoms with Gasteiger partial charge in [-0.15, -0.1) is 0 Å². The summed E-state index contributed by atoms with van der Waals surface area (Å²) >= 11 is 3.38. The largest absolute Gasteiger partial charge is 0.491 e. The van der Waals surface area contributed by atoms with Crippen LogP contribution in [0.2, 0.25) is 0 Å². The molecule has 42 heavy (non-hydrogen) atoms. The molecular weight excluding hydrogens is 565 g/mol. The molecule has 0 aromatic heterocycles. The van der Waals surface area contributed by atoms with Crippen molar-refractivity contribution < 1.29 is 19.7 Å². The van der Waals surface area contributed by atoms with Gasteiger partial charge in [0.15, 0.2) is 0 Å². The zero-order valence-corrected chi connectivity index (χ0v) is 25.8. The molecule has 0 heterocycles. The molecule has 222 valence electrons. The minimum absolute atomic E-state index is 0.255. The van der Waals surface area contributed by atoms with Gasteiger partial charge >= 0.3 is 0 Å². The summed E-state index contributed by atoms with van der Waals surface area (Å²) < 4.78 is 11.7. The van der Waals surface area contributed by atoms with E-state index < -0.39 is 12.2 Å². The Bertz CT molecular complexity index is 1250. The Balaban J connectivity index is 1.05. The molecule has 2 unspecified atom stereocenters. The molecule has 0 saturated carbocycles. The van der Waals surface area contributed by atoms with E-state index in [-0.39, 0.29) is 13.2 Å². The summed E-state index contributed by atoms with van der Waals surface area (Å²) in [5.41, 5.74) is 6.10. The van der Waals surface area contributed by atoms with Crippen LogP contribution in [-0.4, -0.2) is 58.6 Å². The van der Waals surface area contributed by atoms with Gasteiger partial charge in [0, 0.05) is 45.8 Å². The average Bonchev–Trinajstić information content (AvgIpc) is 2.99. The third-order valence-corrected chi connectivity index (χ3v) is 8.81. The molecule has 0 spiro atoms. The van der Waals surface area contributed by atoms with Crippen LogP contribution in [0, 0.1) is 13.8 Å². The van der Waals surface area contributed by atoms with Crippen molar-refractivity contribution in [1.29, 1.82) is 0 Å². The third-order valence-electron chi connectivity index (χ3n) is 6.33. The molecule has 0 radical (unpaired) electrons. The lowest BCUT2D eigenvalue weighted by Crippen LogP contribution is -2.21. The summed E-state index contributed by atoms with van der Waals surface area (Å²) in [7, 11) is 0. The Kier molecular flexibility index (Phi) is 12.8. The molecule has 4 N–H and O–H groups in total. The highest BCUT2D eigenvalue weighted by Gasteiger charge is 2.10. The van der Waals surface area contributed by atoms with Gasteiger partial charge in [-0.05, 0) is 85.6 Å². The molecule has 8 heteroatoms. The zero-order valence-electron chi connectivity index (χ0n) is 24.2. The highest BCUT2D eigenvalue weighted by molar-refractivity contribution is 8.02. The summed E-state index contributed by atoms with van der Waals surface area (Å²) in [6.45, 7) is 4.52. The fraction of sp³-hybridized carbons (Fsp3) is 0.294. The molecule has 4 rings (SSSR count). The van der Waals surface area contributed by atoms with E-state index in [1.807, 2.05) is 111 Å². The van der Waals surface area contributed by atoms with Crippen molar-refractivity contribution in [3.63, 3.8) is 0 Å². The fourth-order valence-corrected chi connectivity index (χ4v) is 6.19. The SMILES string of the molecule is Cc1cc(Nc2ccccc2)ccc1OCC(O)CSCCSCC(O)COc1ccc(Nc2ccccc2)cc1C. The fourth-order valence-electron chi connectivity index (χ4n) is 4.18. The lowest BCUT2D eigenvalue weighted by molar-refractivity contribution is 0.126. The molecular formula is C34H40N2O4S2. The van der Waals surface area contributed by atoms with E-state index in [2.05, 4.69) is 10.6 Å². The molecule has 0 aliphatic rings. The number of aliphatic hydroxyl groups is 2. The Hall–Kier alpha value is -3.30. The molecule has 0 bridgehead atoms. The van der Waals surface area contributed by atoms with E-state index in [0.717, 1.165) is 56.9 Å². The van der Waals surface area contributed by atoms with E-state index in [9.17, 15) is 10.2 Å². The van der Waals surface area contributed by atoms with Gasteiger partial charge in [-0.2, -0.15) is 23.5 Å². The molecule has 6 nitrogen and oxygen atoms in total. The quantitative estimate of drug-likeness (QED) is 0.0926. The van der Waals surface area contributed by atoms with Crippen LogP contribution in [0.15, 0.2) is 97.1 Å². The first kappa shape index (κ1) is 31.6. The second kappa shape index (κ2) is 17.0. The normalized spacial score (nSPS) is 12.4. The van der Waals surface area contributed by atoms with E-state index >= 15 is 0 Å². The van der Waals surface area contributed by atoms with E-state index in [1.54, 1.807) is 23.5 Å². The molecule has 2 atom stereocenters. The molecule has 0 amide bonds. The highest BCUT2D eigenvalue weighted by atomic mass is 32.2. The smallest absolute Gasteiger partial charge is 0.122 e. The maximum Gasteiger partial charge on any atom is 0.122 e. The second-order valence-electron chi connectivity index (χ2n) is 10.0. The topological polar surface area (TPSA) is 83.0 Å². The first-order valence-corrected chi connectivity index (χ1v) is 16.4. The van der Waals surface area contributed by atoms with Gasteiger partial charge in [-0.25, -0.2) is 0 Å². The molecule has 0 aliphatic carbocycles. The van der Waals surface area contributed by atoms with Gasteiger partial charge in [0.1, 0.15) is 24.7 Å². The number of thioether (sulfide) groups is 2. The van der Waals surface area contributed by atoms with Crippen molar-refractivity contribution in [2.75, 3.05) is 46.9 Å². The number of rotatable bonds is 17. The van der Waals surface area contributed by atoms with Gasteiger partial charge in [0.05, 0.1) is 12.2 Å². The maximum atomic E-state index is 10.4. The number of aryl methyl sites for hydroxylation is 2. The predicted molar refractivity (Wildman–Crippen MR) is 179 cm³/mol. The van der Waals surface area contributed by atoms with Crippen molar-refractivity contribution in [2.45, 2.75) is 26.1 Å². The summed E-state index contributed by atoms with van der Waals surface area (Å²) in [4.78, 5) is 0. The monoisotopic (exact) mass is 604 g/mol. The van der Waals surface area contributed by atoms with Gasteiger partial charge in [-0.3, -0.25) is 0 Å². The summed E-state index contributed by atoms with van der Waals surface area (Å²) in [6, 6.07) is 32.0. The van der Waals surface area contributed by atoms with Crippen molar-refractivity contribution in [2.24, 2.45) is 0 Å². The number of nitrogens with one attached hydrogen (secondary N) is 2. The molecule has 4 aromatic rings. The first-order valence-electron chi connectivity index (χ1n) is 14.1. The van der Waals surface area contributed by atoms with Crippen LogP contribution < -0.4 is 20.1 Å². The number of benzene rings is 4. The molecule has 0 saturated heterocycles. The van der Waals surface area contributed by atoms with E-state index in [0.29, 0.717) is 11.5 Å². The standard InChI is InChI=1S/C34H40N2O4S2/c1-25-19-29(35-27-9-5-3-6-10-27)13-15-33(25)39-21-31(37)23-41-17-18-42-24-32(38)22-40-34-16-14-30(20-26(34)2)36-28-11-7-4-8-12-28/h3-16,19-20,31-32,35-38H,17-18,21-24H2,1-2H3. The number of anilines is 4. The van der Waals surface area contributed by atoms with Crippen LogP contribution in [0.4, 0.5) is 22.7 Å². The van der Waals surface area contributed by atoms with Crippen molar-refractivity contribution >= 4 is 46.3 Å². The van der Waals surface area contributed by atoms with E-state index in [4.69, 9.17) is 9.47 Å². The van der Waals surface area contributed by atoms with Crippen LogP contribution in [-0.2, 0) is 0 Å². The van der Waals surface area contributed by atoms with Crippen LogP contribution in [0.1, 0.15) is 11.1 Å². The van der Waals surface area contributed by atoms with Crippen LogP contribution >= 0.6 is 23.5 Å². The summed E-state index contributed by atoms with van der Waals surface area (Å²) in [5, 5.41) is 27.5. The third kappa shape index (κ3) is 10.8. The van der Waals surface area contributed by atoms with Gasteiger partial charge < -0.3 is 30.3 Å². The number of aliphatic hydroxyl groups excluding tert-OH is 2. The lowest BCUT2D eigenvalue weighted by Gasteiger charge is -2.16. The number of hydrogen-bond donors (Lipinski definition) is 4. The van der Waals surface area contributed by atoms with Crippen LogP contribution in [0.3, 0.4) is 0 Å². The summed E-state index contributed by atoms with van der Waals surface area (Å²) in [5.74, 6) is 4.55. The average molecular weight is 605 g/mol. The number of para-hydroxylation sites is 2. The van der Waals surface area contributed by atoms with Crippen LogP contribution in [0.25, 0.3) is 0 Å². The zero-order chi connectivity index (χ0) is 29.6. The van der Waals surface area contributed by atoms with Crippen molar-refractivity contribution in [3.05, 3.63) is 108 Å². The molecule has 0 aliphatic heterocycles.